The van der Waals surface area contributed by atoms with Gasteiger partial charge in [0.25, 0.3) is 0 Å². The molecule has 2 amide bonds. The van der Waals surface area contributed by atoms with E-state index in [1.807, 2.05) is 54.3 Å². The van der Waals surface area contributed by atoms with Gasteiger partial charge >= 0.3 is 6.09 Å². The lowest BCUT2D eigenvalue weighted by atomic mass is 10.0. The van der Waals surface area contributed by atoms with E-state index in [9.17, 15) is 9.59 Å². The first kappa shape index (κ1) is 21.5. The standard InChI is InChI=1S/C26H28N6O3/c1-16-14-30(26(34)35-24-5-3-4-21-25(24)28-11-10-27-21)23-12-18(6-9-22(23)32(16)17(2)33)19-13-29-31(15-19)20-7-8-20/h3-6,9,12-13,15-16,20,27-28H,7-8,10-11,14H2,1-2H3. The number of nitrogens with zero attached hydrogens (tertiary/aromatic N) is 4. The van der Waals surface area contributed by atoms with Crippen LogP contribution in [0.3, 0.4) is 0 Å². The van der Waals surface area contributed by atoms with Crippen molar-refractivity contribution in [2.24, 2.45) is 0 Å². The number of fused-ring (bicyclic) bond motifs is 2. The van der Waals surface area contributed by atoms with Gasteiger partial charge in [0.15, 0.2) is 5.75 Å². The number of amides is 2. The molecule has 3 aromatic rings. The first-order chi connectivity index (χ1) is 17.0. The molecule has 9 nitrogen and oxygen atoms in total. The van der Waals surface area contributed by atoms with Crippen LogP contribution in [-0.2, 0) is 4.79 Å². The number of hydrogen-bond acceptors (Lipinski definition) is 6. The predicted molar refractivity (Wildman–Crippen MR) is 135 cm³/mol. The van der Waals surface area contributed by atoms with Crippen molar-refractivity contribution < 1.29 is 14.3 Å². The van der Waals surface area contributed by atoms with Crippen LogP contribution in [0.4, 0.5) is 27.5 Å². The van der Waals surface area contributed by atoms with Gasteiger partial charge in [0.05, 0.1) is 35.3 Å². The summed E-state index contributed by atoms with van der Waals surface area (Å²) in [5.41, 5.74) is 4.95. The van der Waals surface area contributed by atoms with Crippen molar-refractivity contribution in [2.45, 2.75) is 38.8 Å². The average Bonchev–Trinajstić information content (AvgIpc) is 3.59. The van der Waals surface area contributed by atoms with Crippen LogP contribution in [0.2, 0.25) is 0 Å². The van der Waals surface area contributed by atoms with Crippen molar-refractivity contribution in [3.63, 3.8) is 0 Å². The van der Waals surface area contributed by atoms with Crippen LogP contribution in [0.15, 0.2) is 48.8 Å². The van der Waals surface area contributed by atoms with Gasteiger partial charge in [0.2, 0.25) is 5.91 Å². The van der Waals surface area contributed by atoms with Gasteiger partial charge in [-0.1, -0.05) is 12.1 Å². The number of hydrogen-bond donors (Lipinski definition) is 2. The zero-order chi connectivity index (χ0) is 24.1. The van der Waals surface area contributed by atoms with E-state index in [1.165, 1.54) is 0 Å². The molecule has 180 valence electrons. The van der Waals surface area contributed by atoms with E-state index in [-0.39, 0.29) is 11.9 Å². The Kier molecular flexibility index (Phi) is 5.12. The first-order valence-corrected chi connectivity index (χ1v) is 12.1. The zero-order valence-electron chi connectivity index (χ0n) is 19.8. The van der Waals surface area contributed by atoms with Crippen molar-refractivity contribution in [3.05, 3.63) is 48.8 Å². The smallest absolute Gasteiger partial charge is 0.408 e. The van der Waals surface area contributed by atoms with Gasteiger partial charge in [0.1, 0.15) is 5.69 Å². The summed E-state index contributed by atoms with van der Waals surface area (Å²) in [7, 11) is 0. The van der Waals surface area contributed by atoms with Gasteiger partial charge in [-0.3, -0.25) is 14.4 Å². The normalized spacial score (nSPS) is 18.7. The fraction of sp³-hybridized carbons (Fsp3) is 0.346. The van der Waals surface area contributed by atoms with Crippen LogP contribution in [0.25, 0.3) is 11.1 Å². The van der Waals surface area contributed by atoms with Gasteiger partial charge in [-0.2, -0.15) is 5.10 Å². The third-order valence-electron chi connectivity index (χ3n) is 6.79. The number of ether oxygens (including phenoxy) is 1. The molecular formula is C26H28N6O3. The summed E-state index contributed by atoms with van der Waals surface area (Å²) in [6.45, 7) is 5.38. The maximum absolute atomic E-state index is 13.5. The fourth-order valence-electron chi connectivity index (χ4n) is 4.96. The summed E-state index contributed by atoms with van der Waals surface area (Å²) >= 11 is 0. The van der Waals surface area contributed by atoms with Crippen molar-refractivity contribution in [3.8, 4) is 16.9 Å². The fourth-order valence-corrected chi connectivity index (χ4v) is 4.96. The molecule has 2 aliphatic heterocycles. The molecule has 2 aromatic carbocycles. The van der Waals surface area contributed by atoms with Crippen LogP contribution >= 0.6 is 0 Å². The van der Waals surface area contributed by atoms with Gasteiger partial charge in [0, 0.05) is 38.3 Å². The number of aromatic nitrogens is 2. The Morgan fingerprint density at radius 2 is 1.89 bits per heavy atom. The Bertz CT molecular complexity index is 1310. The molecule has 1 aromatic heterocycles. The minimum Gasteiger partial charge on any atom is -0.408 e. The number of carbonyl (C=O) groups excluding carboxylic acids is 2. The third kappa shape index (κ3) is 3.86. The molecule has 1 fully saturated rings. The van der Waals surface area contributed by atoms with Crippen LogP contribution in [0.5, 0.6) is 5.75 Å². The van der Waals surface area contributed by atoms with E-state index in [1.54, 1.807) is 22.8 Å². The Labute approximate surface area is 203 Å². The minimum atomic E-state index is -0.479. The highest BCUT2D eigenvalue weighted by Crippen LogP contribution is 2.41. The van der Waals surface area contributed by atoms with Gasteiger partial charge in [-0.05, 0) is 49.6 Å². The number of rotatable bonds is 3. The predicted octanol–water partition coefficient (Wildman–Crippen LogP) is 4.48. The monoisotopic (exact) mass is 472 g/mol. The second-order valence-electron chi connectivity index (χ2n) is 9.39. The number of para-hydroxylation sites is 1. The summed E-state index contributed by atoms with van der Waals surface area (Å²) in [6.07, 6.45) is 5.73. The summed E-state index contributed by atoms with van der Waals surface area (Å²) in [5, 5.41) is 11.1. The van der Waals surface area contributed by atoms with Gasteiger partial charge in [-0.25, -0.2) is 4.79 Å². The Morgan fingerprint density at radius 1 is 1.06 bits per heavy atom. The molecule has 0 saturated heterocycles. The maximum atomic E-state index is 13.5. The van der Waals surface area contributed by atoms with E-state index >= 15 is 0 Å². The van der Waals surface area contributed by atoms with Crippen LogP contribution in [-0.4, -0.2) is 47.5 Å². The van der Waals surface area contributed by atoms with Crippen LogP contribution in [0, 0.1) is 0 Å². The molecule has 0 radical (unpaired) electrons. The molecule has 3 heterocycles. The number of nitrogens with one attached hydrogen (secondary N) is 2. The molecule has 0 bridgehead atoms. The summed E-state index contributed by atoms with van der Waals surface area (Å²) < 4.78 is 7.91. The van der Waals surface area contributed by atoms with Gasteiger partial charge in [-0.15, -0.1) is 0 Å². The van der Waals surface area contributed by atoms with Crippen molar-refractivity contribution in [2.75, 3.05) is 40.1 Å². The second-order valence-corrected chi connectivity index (χ2v) is 9.39. The quantitative estimate of drug-likeness (QED) is 0.584. The van der Waals surface area contributed by atoms with E-state index in [0.717, 1.165) is 48.4 Å². The SMILES string of the molecule is CC(=O)N1c2ccc(-c3cnn(C4CC4)c3)cc2N(C(=O)Oc2cccc3c2NCCN3)CC1C. The van der Waals surface area contributed by atoms with Crippen molar-refractivity contribution >= 4 is 34.7 Å². The van der Waals surface area contributed by atoms with E-state index in [4.69, 9.17) is 4.74 Å². The molecule has 2 N–H and O–H groups in total. The number of carbonyl (C=O) groups is 2. The molecule has 1 atom stereocenters. The maximum Gasteiger partial charge on any atom is 0.419 e. The van der Waals surface area contributed by atoms with E-state index in [0.29, 0.717) is 29.7 Å². The largest absolute Gasteiger partial charge is 0.419 e. The molecular weight excluding hydrogens is 444 g/mol. The first-order valence-electron chi connectivity index (χ1n) is 12.1. The third-order valence-corrected chi connectivity index (χ3v) is 6.79. The Balaban J connectivity index is 1.36. The topological polar surface area (TPSA) is 91.7 Å². The summed E-state index contributed by atoms with van der Waals surface area (Å²) in [4.78, 5) is 29.4. The molecule has 3 aliphatic rings. The summed E-state index contributed by atoms with van der Waals surface area (Å²) in [6, 6.07) is 11.7. The van der Waals surface area contributed by atoms with Crippen LogP contribution in [0.1, 0.15) is 32.7 Å². The highest BCUT2D eigenvalue weighted by atomic mass is 16.6. The molecule has 1 saturated carbocycles. The average molecular weight is 473 g/mol. The molecule has 1 aliphatic carbocycles. The Hall–Kier alpha value is -4.01. The summed E-state index contributed by atoms with van der Waals surface area (Å²) in [5.74, 6) is 0.415. The second kappa shape index (κ2) is 8.33. The highest BCUT2D eigenvalue weighted by molar-refractivity contribution is 6.03. The lowest BCUT2D eigenvalue weighted by Crippen LogP contribution is -2.52. The molecule has 35 heavy (non-hydrogen) atoms. The van der Waals surface area contributed by atoms with E-state index < -0.39 is 6.09 Å². The lowest BCUT2D eigenvalue weighted by molar-refractivity contribution is -0.117. The Morgan fingerprint density at radius 3 is 2.69 bits per heavy atom. The van der Waals surface area contributed by atoms with Crippen molar-refractivity contribution in [1.82, 2.24) is 9.78 Å². The van der Waals surface area contributed by atoms with Crippen molar-refractivity contribution in [1.29, 1.82) is 0 Å². The zero-order valence-corrected chi connectivity index (χ0v) is 19.8. The van der Waals surface area contributed by atoms with Crippen LogP contribution < -0.4 is 25.2 Å². The molecule has 6 rings (SSSR count). The molecule has 9 heteroatoms. The number of benzene rings is 2. The number of anilines is 4. The molecule has 0 spiro atoms. The van der Waals surface area contributed by atoms with E-state index in [2.05, 4.69) is 15.7 Å². The lowest BCUT2D eigenvalue weighted by Gasteiger charge is -2.40. The minimum absolute atomic E-state index is 0.0616. The highest BCUT2D eigenvalue weighted by Gasteiger charge is 2.35. The molecule has 1 unspecified atom stereocenters. The van der Waals surface area contributed by atoms with Gasteiger partial charge < -0.3 is 20.3 Å².